The van der Waals surface area contributed by atoms with Crippen LogP contribution in [0.5, 0.6) is 0 Å². The first-order chi connectivity index (χ1) is 9.38. The smallest absolute Gasteiger partial charge is 0.354 e. The lowest BCUT2D eigenvalue weighted by Gasteiger charge is -2.10. The summed E-state index contributed by atoms with van der Waals surface area (Å²) in [5, 5.41) is 11.3. The van der Waals surface area contributed by atoms with Crippen LogP contribution in [0.2, 0.25) is 0 Å². The zero-order chi connectivity index (χ0) is 14.9. The number of pyridine rings is 1. The molecule has 2 aromatic rings. The Morgan fingerprint density at radius 2 is 2.00 bits per heavy atom. The van der Waals surface area contributed by atoms with Crippen LogP contribution >= 0.6 is 15.9 Å². The van der Waals surface area contributed by atoms with Gasteiger partial charge in [-0.1, -0.05) is 0 Å². The first-order valence-corrected chi connectivity index (χ1v) is 6.09. The van der Waals surface area contributed by atoms with Gasteiger partial charge in [0.05, 0.1) is 15.8 Å². The van der Waals surface area contributed by atoms with Crippen molar-refractivity contribution in [3.05, 3.63) is 46.1 Å². The maximum atomic E-state index is 13.7. The molecule has 0 fully saturated rings. The monoisotopic (exact) mass is 343 g/mol. The zero-order valence-corrected chi connectivity index (χ0v) is 11.4. The Hall–Kier alpha value is -2.22. The highest BCUT2D eigenvalue weighted by atomic mass is 79.9. The molecule has 1 aromatic carbocycles. The lowest BCUT2D eigenvalue weighted by Crippen LogP contribution is -2.06. The van der Waals surface area contributed by atoms with E-state index < -0.39 is 17.6 Å². The van der Waals surface area contributed by atoms with Crippen LogP contribution in [0.15, 0.2) is 28.7 Å². The Bertz CT molecular complexity index is 695. The van der Waals surface area contributed by atoms with Crippen molar-refractivity contribution in [2.24, 2.45) is 0 Å². The number of benzene rings is 1. The molecule has 0 saturated carbocycles. The SMILES string of the molecule is Nc1ccc(C(=O)O)nc1Nc1cc(F)c(Br)cc1F. The summed E-state index contributed by atoms with van der Waals surface area (Å²) in [5.41, 5.74) is 5.26. The molecule has 0 aliphatic rings. The third-order valence-corrected chi connectivity index (χ3v) is 3.02. The van der Waals surface area contributed by atoms with Gasteiger partial charge in [-0.2, -0.15) is 0 Å². The number of anilines is 3. The molecular formula is C12H8BrF2N3O2. The molecule has 1 aromatic heterocycles. The molecule has 0 saturated heterocycles. The van der Waals surface area contributed by atoms with Gasteiger partial charge in [0.15, 0.2) is 11.5 Å². The van der Waals surface area contributed by atoms with Gasteiger partial charge < -0.3 is 16.2 Å². The van der Waals surface area contributed by atoms with Gasteiger partial charge in [0, 0.05) is 6.07 Å². The van der Waals surface area contributed by atoms with E-state index in [9.17, 15) is 13.6 Å². The lowest BCUT2D eigenvalue weighted by molar-refractivity contribution is 0.0690. The second-order valence-electron chi connectivity index (χ2n) is 3.81. The van der Waals surface area contributed by atoms with Gasteiger partial charge in [0.2, 0.25) is 0 Å². The number of nitrogens with zero attached hydrogens (tertiary/aromatic N) is 1. The van der Waals surface area contributed by atoms with Crippen LogP contribution in [0.3, 0.4) is 0 Å². The van der Waals surface area contributed by atoms with E-state index in [4.69, 9.17) is 10.8 Å². The molecule has 0 amide bonds. The standard InChI is InChI=1S/C12H8BrF2N3O2/c13-5-3-7(15)10(4-6(5)14)18-11-8(16)1-2-9(17-11)12(19)20/h1-4H,16H2,(H,17,18)(H,19,20). The fraction of sp³-hybridized carbons (Fsp3) is 0. The van der Waals surface area contributed by atoms with E-state index in [0.717, 1.165) is 12.1 Å². The second-order valence-corrected chi connectivity index (χ2v) is 4.66. The number of aromatic nitrogens is 1. The number of nitrogens with two attached hydrogens (primary N) is 1. The number of nitrogen functional groups attached to an aromatic ring is 1. The Balaban J connectivity index is 2.42. The summed E-state index contributed by atoms with van der Waals surface area (Å²) in [5.74, 6) is -2.73. The first kappa shape index (κ1) is 14.2. The van der Waals surface area contributed by atoms with Crippen molar-refractivity contribution in [1.82, 2.24) is 4.98 Å². The molecule has 5 nitrogen and oxygen atoms in total. The number of aromatic carboxylic acids is 1. The lowest BCUT2D eigenvalue weighted by atomic mass is 10.2. The van der Waals surface area contributed by atoms with Crippen LogP contribution in [-0.2, 0) is 0 Å². The molecule has 0 spiro atoms. The Kier molecular flexibility index (Phi) is 3.84. The molecule has 104 valence electrons. The normalized spacial score (nSPS) is 10.3. The highest BCUT2D eigenvalue weighted by molar-refractivity contribution is 9.10. The molecule has 1 heterocycles. The summed E-state index contributed by atoms with van der Waals surface area (Å²) < 4.78 is 27.0. The van der Waals surface area contributed by atoms with Gasteiger partial charge in [0.1, 0.15) is 11.6 Å². The number of carboxylic acids is 1. The van der Waals surface area contributed by atoms with Crippen molar-refractivity contribution in [3.8, 4) is 0 Å². The van der Waals surface area contributed by atoms with Crippen molar-refractivity contribution < 1.29 is 18.7 Å². The number of nitrogens with one attached hydrogen (secondary N) is 1. The van der Waals surface area contributed by atoms with Gasteiger partial charge in [0.25, 0.3) is 0 Å². The highest BCUT2D eigenvalue weighted by Gasteiger charge is 2.12. The van der Waals surface area contributed by atoms with Crippen molar-refractivity contribution in [3.63, 3.8) is 0 Å². The molecule has 0 bridgehead atoms. The molecule has 4 N–H and O–H groups in total. The van der Waals surface area contributed by atoms with E-state index >= 15 is 0 Å². The summed E-state index contributed by atoms with van der Waals surface area (Å²) >= 11 is 2.85. The maximum absolute atomic E-state index is 13.7. The topological polar surface area (TPSA) is 88.2 Å². The van der Waals surface area contributed by atoms with Crippen LogP contribution in [0, 0.1) is 11.6 Å². The average Bonchev–Trinajstić information content (AvgIpc) is 2.38. The predicted octanol–water partition coefficient (Wildman–Crippen LogP) is 3.15. The molecule has 0 aliphatic carbocycles. The fourth-order valence-electron chi connectivity index (χ4n) is 1.44. The van der Waals surface area contributed by atoms with E-state index in [0.29, 0.717) is 0 Å². The van der Waals surface area contributed by atoms with Crippen LogP contribution < -0.4 is 11.1 Å². The van der Waals surface area contributed by atoms with E-state index in [1.54, 1.807) is 0 Å². The summed E-state index contributed by atoms with van der Waals surface area (Å²) in [6.45, 7) is 0. The van der Waals surface area contributed by atoms with Crippen molar-refractivity contribution >= 4 is 39.1 Å². The predicted molar refractivity (Wildman–Crippen MR) is 72.9 cm³/mol. The minimum Gasteiger partial charge on any atom is -0.477 e. The first-order valence-electron chi connectivity index (χ1n) is 5.30. The van der Waals surface area contributed by atoms with Crippen molar-refractivity contribution in [2.75, 3.05) is 11.1 Å². The molecule has 8 heteroatoms. The minimum atomic E-state index is -1.25. The van der Waals surface area contributed by atoms with Gasteiger partial charge in [-0.05, 0) is 34.1 Å². The number of halogens is 3. The number of hydrogen-bond acceptors (Lipinski definition) is 4. The molecular weight excluding hydrogens is 336 g/mol. The number of rotatable bonds is 3. The number of hydrogen-bond donors (Lipinski definition) is 3. The van der Waals surface area contributed by atoms with Gasteiger partial charge in [-0.25, -0.2) is 18.6 Å². The minimum absolute atomic E-state index is 0.0271. The quantitative estimate of drug-likeness (QED) is 0.745. The number of carboxylic acid groups (broad SMARTS) is 1. The molecule has 0 atom stereocenters. The summed E-state index contributed by atoms with van der Waals surface area (Å²) in [7, 11) is 0. The third-order valence-electron chi connectivity index (χ3n) is 2.41. The summed E-state index contributed by atoms with van der Waals surface area (Å²) in [4.78, 5) is 14.5. The van der Waals surface area contributed by atoms with Gasteiger partial charge in [-0.15, -0.1) is 0 Å². The van der Waals surface area contributed by atoms with Crippen molar-refractivity contribution in [2.45, 2.75) is 0 Å². The van der Waals surface area contributed by atoms with Crippen LogP contribution in [0.25, 0.3) is 0 Å². The largest absolute Gasteiger partial charge is 0.477 e. The van der Waals surface area contributed by atoms with E-state index in [-0.39, 0.29) is 27.4 Å². The van der Waals surface area contributed by atoms with Crippen LogP contribution in [-0.4, -0.2) is 16.1 Å². The Labute approximate surface area is 120 Å². The van der Waals surface area contributed by atoms with E-state index in [2.05, 4.69) is 26.2 Å². The molecule has 20 heavy (non-hydrogen) atoms. The number of carbonyl (C=O) groups is 1. The second kappa shape index (κ2) is 5.41. The third kappa shape index (κ3) is 2.85. The maximum Gasteiger partial charge on any atom is 0.354 e. The van der Waals surface area contributed by atoms with Crippen molar-refractivity contribution in [1.29, 1.82) is 0 Å². The zero-order valence-electron chi connectivity index (χ0n) is 9.82. The molecule has 0 unspecified atom stereocenters. The van der Waals surface area contributed by atoms with Gasteiger partial charge >= 0.3 is 5.97 Å². The molecule has 0 radical (unpaired) electrons. The van der Waals surface area contributed by atoms with Crippen LogP contribution in [0.4, 0.5) is 26.0 Å². The summed E-state index contributed by atoms with van der Waals surface area (Å²) in [6, 6.07) is 4.37. The van der Waals surface area contributed by atoms with E-state index in [1.807, 2.05) is 0 Å². The van der Waals surface area contributed by atoms with E-state index in [1.165, 1.54) is 12.1 Å². The van der Waals surface area contributed by atoms with Crippen LogP contribution in [0.1, 0.15) is 10.5 Å². The fourth-order valence-corrected chi connectivity index (χ4v) is 1.75. The summed E-state index contributed by atoms with van der Waals surface area (Å²) in [6.07, 6.45) is 0. The molecule has 2 rings (SSSR count). The Morgan fingerprint density at radius 3 is 2.65 bits per heavy atom. The Morgan fingerprint density at radius 1 is 1.30 bits per heavy atom. The highest BCUT2D eigenvalue weighted by Crippen LogP contribution is 2.27. The molecule has 0 aliphatic heterocycles. The average molecular weight is 344 g/mol. The van der Waals surface area contributed by atoms with Gasteiger partial charge in [-0.3, -0.25) is 0 Å².